The maximum absolute atomic E-state index is 13.4. The number of halogens is 1. The van der Waals surface area contributed by atoms with Gasteiger partial charge in [0.25, 0.3) is 0 Å². The lowest BCUT2D eigenvalue weighted by Crippen LogP contribution is -2.43. The van der Waals surface area contributed by atoms with Crippen LogP contribution in [0.1, 0.15) is 43.0 Å². The molecule has 184 valence electrons. The second-order valence-corrected chi connectivity index (χ2v) is 11.6. The van der Waals surface area contributed by atoms with Crippen LogP contribution in [0.5, 0.6) is 0 Å². The third-order valence-corrected chi connectivity index (χ3v) is 8.30. The van der Waals surface area contributed by atoms with E-state index in [0.29, 0.717) is 37.4 Å². The van der Waals surface area contributed by atoms with Gasteiger partial charge in [-0.3, -0.25) is 4.79 Å². The number of carbonyl (C=O) groups excluding carboxylic acids is 1. The lowest BCUT2D eigenvalue weighted by Gasteiger charge is -2.35. The second kappa shape index (κ2) is 9.18. The quantitative estimate of drug-likeness (QED) is 0.542. The number of nitrogens with zero attached hydrogens (tertiary/aromatic N) is 4. The summed E-state index contributed by atoms with van der Waals surface area (Å²) in [5.74, 6) is 0.406. The van der Waals surface area contributed by atoms with Gasteiger partial charge in [0.15, 0.2) is 9.84 Å². The van der Waals surface area contributed by atoms with Gasteiger partial charge >= 0.3 is 0 Å². The number of benzene rings is 2. The summed E-state index contributed by atoms with van der Waals surface area (Å²) in [5, 5.41) is 0.826. The number of sulfone groups is 1. The van der Waals surface area contributed by atoms with Gasteiger partial charge in [0.1, 0.15) is 5.82 Å². The average molecular weight is 497 g/mol. The van der Waals surface area contributed by atoms with E-state index >= 15 is 0 Å². The van der Waals surface area contributed by atoms with Crippen LogP contribution < -0.4 is 4.90 Å². The van der Waals surface area contributed by atoms with Crippen LogP contribution in [0.25, 0.3) is 10.9 Å². The topological polar surface area (TPSA) is 83.5 Å². The number of fused-ring (bicyclic) bond motifs is 1. The highest BCUT2D eigenvalue weighted by molar-refractivity contribution is 7.90. The van der Waals surface area contributed by atoms with E-state index in [-0.39, 0.29) is 28.6 Å². The Balaban J connectivity index is 1.30. The van der Waals surface area contributed by atoms with Crippen LogP contribution in [-0.2, 0) is 14.6 Å². The maximum Gasteiger partial charge on any atom is 0.226 e. The number of hydrogen-bond donors (Lipinski definition) is 0. The number of aryl methyl sites for hydroxylation is 1. The molecular weight excluding hydrogens is 467 g/mol. The normalized spacial score (nSPS) is 19.5. The Hall–Kier alpha value is -3.07. The Bertz CT molecular complexity index is 1370. The largest absolute Gasteiger partial charge is 0.341 e. The molecule has 0 unspecified atom stereocenters. The maximum atomic E-state index is 13.4. The summed E-state index contributed by atoms with van der Waals surface area (Å²) in [6.07, 6.45) is 4.44. The number of anilines is 1. The van der Waals surface area contributed by atoms with Gasteiger partial charge in [-0.1, -0.05) is 12.1 Å². The average Bonchev–Trinajstić information content (AvgIpc) is 3.33. The molecule has 0 spiro atoms. The number of likely N-dealkylation sites (tertiary alicyclic amines) is 1. The molecule has 7 nitrogen and oxygen atoms in total. The fourth-order valence-electron chi connectivity index (χ4n) is 5.25. The van der Waals surface area contributed by atoms with E-state index in [0.717, 1.165) is 36.0 Å². The zero-order valence-electron chi connectivity index (χ0n) is 19.9. The number of amides is 1. The minimum absolute atomic E-state index is 0.0108. The Morgan fingerprint density at radius 1 is 1.00 bits per heavy atom. The second-order valence-electron chi connectivity index (χ2n) is 9.56. The Kier molecular flexibility index (Phi) is 6.21. The molecule has 0 radical (unpaired) electrons. The summed E-state index contributed by atoms with van der Waals surface area (Å²) in [4.78, 5) is 27.0. The van der Waals surface area contributed by atoms with E-state index in [9.17, 15) is 17.6 Å². The monoisotopic (exact) mass is 496 g/mol. The molecule has 1 atom stereocenters. The molecule has 2 aliphatic rings. The van der Waals surface area contributed by atoms with Crippen LogP contribution in [0.2, 0.25) is 0 Å². The third kappa shape index (κ3) is 4.74. The van der Waals surface area contributed by atoms with Crippen LogP contribution in [0.15, 0.2) is 47.4 Å². The summed E-state index contributed by atoms with van der Waals surface area (Å²) in [6.45, 7) is 3.94. The first kappa shape index (κ1) is 23.7. The van der Waals surface area contributed by atoms with Crippen molar-refractivity contribution >= 4 is 32.6 Å². The molecule has 3 heterocycles. The molecule has 0 saturated carbocycles. The zero-order chi connectivity index (χ0) is 24.7. The molecule has 2 saturated heterocycles. The molecule has 2 aliphatic heterocycles. The van der Waals surface area contributed by atoms with Crippen molar-refractivity contribution in [1.82, 2.24) is 14.9 Å². The summed E-state index contributed by atoms with van der Waals surface area (Å²) >= 11 is 0. The molecule has 1 amide bonds. The molecule has 2 aromatic carbocycles. The number of aromatic nitrogens is 2. The highest BCUT2D eigenvalue weighted by Crippen LogP contribution is 2.35. The predicted octanol–water partition coefficient (Wildman–Crippen LogP) is 4.06. The Morgan fingerprint density at radius 3 is 2.40 bits per heavy atom. The first-order valence-electron chi connectivity index (χ1n) is 12.0. The number of carbonyl (C=O) groups is 1. The van der Waals surface area contributed by atoms with Gasteiger partial charge in [0.2, 0.25) is 11.9 Å². The van der Waals surface area contributed by atoms with Crippen LogP contribution in [0.3, 0.4) is 0 Å². The highest BCUT2D eigenvalue weighted by Gasteiger charge is 2.35. The van der Waals surface area contributed by atoms with Gasteiger partial charge in [0.05, 0.1) is 22.1 Å². The van der Waals surface area contributed by atoms with E-state index in [1.54, 1.807) is 30.3 Å². The Morgan fingerprint density at radius 2 is 1.71 bits per heavy atom. The van der Waals surface area contributed by atoms with E-state index in [4.69, 9.17) is 0 Å². The molecule has 5 rings (SSSR count). The van der Waals surface area contributed by atoms with Crippen molar-refractivity contribution < 1.29 is 17.6 Å². The van der Waals surface area contributed by atoms with Crippen molar-refractivity contribution in [1.29, 1.82) is 0 Å². The molecular formula is C26H29FN4O3S. The molecule has 1 aromatic heterocycles. The van der Waals surface area contributed by atoms with Gasteiger partial charge in [-0.15, -0.1) is 0 Å². The van der Waals surface area contributed by atoms with Crippen molar-refractivity contribution in [3.63, 3.8) is 0 Å². The van der Waals surface area contributed by atoms with Crippen LogP contribution in [0, 0.1) is 18.7 Å². The van der Waals surface area contributed by atoms with Crippen molar-refractivity contribution in [2.24, 2.45) is 5.92 Å². The van der Waals surface area contributed by atoms with E-state index < -0.39 is 9.84 Å². The Labute approximate surface area is 204 Å². The molecule has 2 fully saturated rings. The van der Waals surface area contributed by atoms with Gasteiger partial charge in [-0.05, 0) is 68.5 Å². The molecule has 0 N–H and O–H groups in total. The summed E-state index contributed by atoms with van der Waals surface area (Å²) in [5.41, 5.74) is 2.39. The number of rotatable bonds is 4. The summed E-state index contributed by atoms with van der Waals surface area (Å²) in [7, 11) is -3.33. The van der Waals surface area contributed by atoms with E-state index in [2.05, 4.69) is 14.9 Å². The summed E-state index contributed by atoms with van der Waals surface area (Å²) < 4.78 is 37.3. The minimum Gasteiger partial charge on any atom is -0.341 e. The van der Waals surface area contributed by atoms with Crippen LogP contribution >= 0.6 is 0 Å². The van der Waals surface area contributed by atoms with Crippen molar-refractivity contribution in [3.05, 3.63) is 59.5 Å². The smallest absolute Gasteiger partial charge is 0.226 e. The molecule has 35 heavy (non-hydrogen) atoms. The highest BCUT2D eigenvalue weighted by atomic mass is 32.2. The van der Waals surface area contributed by atoms with Crippen LogP contribution in [-0.4, -0.2) is 55.1 Å². The van der Waals surface area contributed by atoms with E-state index in [1.807, 2.05) is 11.8 Å². The summed E-state index contributed by atoms with van der Waals surface area (Å²) in [6, 6.07) is 11.4. The lowest BCUT2D eigenvalue weighted by atomic mass is 9.94. The zero-order valence-corrected chi connectivity index (χ0v) is 20.8. The van der Waals surface area contributed by atoms with Crippen molar-refractivity contribution in [2.45, 2.75) is 43.5 Å². The van der Waals surface area contributed by atoms with E-state index in [1.165, 1.54) is 18.4 Å². The molecule has 3 aromatic rings. The fraction of sp³-hybridized carbons (Fsp3) is 0.423. The standard InChI is InChI=1S/C26H29FN4O3S/c1-17-22-10-9-21(35(2,33)34)16-23(22)29-26(28-17)30-14-11-19(12-15-30)25(32)31-13-3-4-24(31)18-5-7-20(27)8-6-18/h5-10,16,19,24H,3-4,11-15H2,1-2H3/t24-/m1/s1. The van der Waals surface area contributed by atoms with Gasteiger partial charge in [0, 0.05) is 37.2 Å². The van der Waals surface area contributed by atoms with Gasteiger partial charge in [-0.25, -0.2) is 22.8 Å². The predicted molar refractivity (Wildman–Crippen MR) is 132 cm³/mol. The number of piperidine rings is 1. The van der Waals surface area contributed by atoms with Gasteiger partial charge in [-0.2, -0.15) is 0 Å². The minimum atomic E-state index is -3.33. The fourth-order valence-corrected chi connectivity index (χ4v) is 5.89. The SMILES string of the molecule is Cc1nc(N2CCC(C(=O)N3CCC[C@@H]3c3ccc(F)cc3)CC2)nc2cc(S(C)(=O)=O)ccc12. The van der Waals surface area contributed by atoms with Crippen molar-refractivity contribution in [3.8, 4) is 0 Å². The first-order chi connectivity index (χ1) is 16.7. The van der Waals surface area contributed by atoms with Crippen molar-refractivity contribution in [2.75, 3.05) is 30.8 Å². The molecule has 0 bridgehead atoms. The molecule has 9 heteroatoms. The number of hydrogen-bond acceptors (Lipinski definition) is 6. The van der Waals surface area contributed by atoms with Gasteiger partial charge < -0.3 is 9.80 Å². The first-order valence-corrected chi connectivity index (χ1v) is 13.9. The van der Waals surface area contributed by atoms with Crippen LogP contribution in [0.4, 0.5) is 10.3 Å². The molecule has 0 aliphatic carbocycles. The third-order valence-electron chi connectivity index (χ3n) is 7.19. The lowest BCUT2D eigenvalue weighted by molar-refractivity contribution is -0.137.